The summed E-state index contributed by atoms with van der Waals surface area (Å²) >= 11 is 0. The molecule has 1 atom stereocenters. The molecule has 0 saturated heterocycles. The number of nitrogens with one attached hydrogen (secondary N) is 1. The van der Waals surface area contributed by atoms with E-state index in [1.165, 1.54) is 25.3 Å². The molecule has 1 unspecified atom stereocenters. The lowest BCUT2D eigenvalue weighted by Crippen LogP contribution is -2.43. The second-order valence-corrected chi connectivity index (χ2v) is 4.61. The maximum atomic E-state index is 13.9. The fraction of sp³-hybridized carbons (Fsp3) is 0.500. The quantitative estimate of drug-likeness (QED) is 0.808. The molecule has 1 aromatic rings. The van der Waals surface area contributed by atoms with Gasteiger partial charge in [-0.25, -0.2) is 8.78 Å². The average Bonchev–Trinajstić information content (AvgIpc) is 2.36. The number of ether oxygens (including phenoxy) is 1. The lowest BCUT2D eigenvalue weighted by atomic mass is 9.87. The normalized spacial score (nSPS) is 13.9. The van der Waals surface area contributed by atoms with E-state index >= 15 is 0 Å². The Morgan fingerprint density at radius 1 is 1.37 bits per heavy atom. The molecule has 3 nitrogen and oxygen atoms in total. The van der Waals surface area contributed by atoms with Crippen LogP contribution in [-0.4, -0.2) is 19.6 Å². The van der Waals surface area contributed by atoms with E-state index in [0.717, 1.165) is 6.42 Å². The van der Waals surface area contributed by atoms with Gasteiger partial charge in [-0.1, -0.05) is 13.0 Å². The van der Waals surface area contributed by atoms with Crippen LogP contribution >= 0.6 is 0 Å². The minimum absolute atomic E-state index is 0.131. The molecule has 106 valence electrons. The summed E-state index contributed by atoms with van der Waals surface area (Å²) in [7, 11) is 1.25. The SMILES string of the molecule is CCCNC(C)(CC(=O)OC)c1c(F)cccc1F. The lowest BCUT2D eigenvalue weighted by Gasteiger charge is -2.31. The van der Waals surface area contributed by atoms with Crippen LogP contribution in [-0.2, 0) is 15.1 Å². The van der Waals surface area contributed by atoms with E-state index in [4.69, 9.17) is 0 Å². The van der Waals surface area contributed by atoms with E-state index in [-0.39, 0.29) is 12.0 Å². The molecule has 0 aliphatic heterocycles. The molecular formula is C14H19F2NO2. The summed E-state index contributed by atoms with van der Waals surface area (Å²) in [5.41, 5.74) is -1.26. The van der Waals surface area contributed by atoms with Gasteiger partial charge in [-0.05, 0) is 32.0 Å². The number of hydrogen-bond acceptors (Lipinski definition) is 3. The first-order valence-corrected chi connectivity index (χ1v) is 6.21. The van der Waals surface area contributed by atoms with Gasteiger partial charge in [0.2, 0.25) is 0 Å². The zero-order chi connectivity index (χ0) is 14.5. The van der Waals surface area contributed by atoms with E-state index in [2.05, 4.69) is 10.1 Å². The van der Waals surface area contributed by atoms with Crippen molar-refractivity contribution in [3.8, 4) is 0 Å². The first-order chi connectivity index (χ1) is 8.94. The van der Waals surface area contributed by atoms with Gasteiger partial charge in [0.25, 0.3) is 0 Å². The number of benzene rings is 1. The Balaban J connectivity index is 3.18. The molecule has 5 heteroatoms. The van der Waals surface area contributed by atoms with Gasteiger partial charge in [0, 0.05) is 5.56 Å². The number of methoxy groups -OCH3 is 1. The first kappa shape index (κ1) is 15.6. The van der Waals surface area contributed by atoms with Crippen molar-refractivity contribution in [3.63, 3.8) is 0 Å². The fourth-order valence-corrected chi connectivity index (χ4v) is 2.03. The third-order valence-electron chi connectivity index (χ3n) is 3.01. The Kier molecular flexibility index (Phi) is 5.42. The molecule has 1 N–H and O–H groups in total. The summed E-state index contributed by atoms with van der Waals surface area (Å²) in [5.74, 6) is -1.86. The predicted octanol–water partition coefficient (Wildman–Crippen LogP) is 2.74. The highest BCUT2D eigenvalue weighted by Crippen LogP contribution is 2.30. The largest absolute Gasteiger partial charge is 0.469 e. The summed E-state index contributed by atoms with van der Waals surface area (Å²) < 4.78 is 32.4. The van der Waals surface area contributed by atoms with Gasteiger partial charge in [-0.2, -0.15) is 0 Å². The molecule has 1 rings (SSSR count). The van der Waals surface area contributed by atoms with Crippen molar-refractivity contribution < 1.29 is 18.3 Å². The van der Waals surface area contributed by atoms with E-state index in [1.807, 2.05) is 6.92 Å². The number of carbonyl (C=O) groups excluding carboxylic acids is 1. The van der Waals surface area contributed by atoms with Crippen molar-refractivity contribution in [2.45, 2.75) is 32.2 Å². The van der Waals surface area contributed by atoms with Crippen LogP contribution in [0.5, 0.6) is 0 Å². The Bertz CT molecular complexity index is 431. The Hall–Kier alpha value is -1.49. The van der Waals surface area contributed by atoms with Gasteiger partial charge in [0.05, 0.1) is 19.1 Å². The minimum Gasteiger partial charge on any atom is -0.469 e. The molecule has 0 amide bonds. The number of halogens is 2. The van der Waals surface area contributed by atoms with Gasteiger partial charge in [0.15, 0.2) is 0 Å². The molecule has 0 fully saturated rings. The van der Waals surface area contributed by atoms with Crippen LogP contribution in [0.15, 0.2) is 18.2 Å². The minimum atomic E-state index is -1.13. The molecular weight excluding hydrogens is 252 g/mol. The van der Waals surface area contributed by atoms with Crippen molar-refractivity contribution in [1.82, 2.24) is 5.32 Å². The van der Waals surface area contributed by atoms with Crippen LogP contribution in [0.4, 0.5) is 8.78 Å². The molecule has 0 saturated carbocycles. The molecule has 19 heavy (non-hydrogen) atoms. The van der Waals surface area contributed by atoms with Crippen molar-refractivity contribution >= 4 is 5.97 Å². The van der Waals surface area contributed by atoms with Crippen LogP contribution < -0.4 is 5.32 Å². The van der Waals surface area contributed by atoms with Gasteiger partial charge < -0.3 is 10.1 Å². The summed E-state index contributed by atoms with van der Waals surface area (Å²) in [5, 5.41) is 3.03. The molecule has 0 radical (unpaired) electrons. The Morgan fingerprint density at radius 2 is 1.95 bits per heavy atom. The molecule has 0 spiro atoms. The van der Waals surface area contributed by atoms with Crippen molar-refractivity contribution in [3.05, 3.63) is 35.4 Å². The van der Waals surface area contributed by atoms with Crippen LogP contribution in [0.2, 0.25) is 0 Å². The third kappa shape index (κ3) is 3.73. The number of esters is 1. The first-order valence-electron chi connectivity index (χ1n) is 6.21. The maximum absolute atomic E-state index is 13.9. The van der Waals surface area contributed by atoms with E-state index in [9.17, 15) is 13.6 Å². The lowest BCUT2D eigenvalue weighted by molar-refractivity contribution is -0.142. The van der Waals surface area contributed by atoms with Crippen molar-refractivity contribution in [2.75, 3.05) is 13.7 Å². The monoisotopic (exact) mass is 271 g/mol. The van der Waals surface area contributed by atoms with Gasteiger partial charge in [-0.15, -0.1) is 0 Å². The van der Waals surface area contributed by atoms with E-state index in [0.29, 0.717) is 6.54 Å². The molecule has 0 aromatic heterocycles. The highest BCUT2D eigenvalue weighted by molar-refractivity contribution is 5.71. The molecule has 0 aliphatic carbocycles. The fourth-order valence-electron chi connectivity index (χ4n) is 2.03. The van der Waals surface area contributed by atoms with Crippen LogP contribution in [0.3, 0.4) is 0 Å². The van der Waals surface area contributed by atoms with E-state index < -0.39 is 23.1 Å². The molecule has 0 bridgehead atoms. The number of carbonyl (C=O) groups is 1. The van der Waals surface area contributed by atoms with Crippen LogP contribution in [0.1, 0.15) is 32.3 Å². The smallest absolute Gasteiger partial charge is 0.307 e. The predicted molar refractivity (Wildman–Crippen MR) is 68.6 cm³/mol. The van der Waals surface area contributed by atoms with Gasteiger partial charge in [0.1, 0.15) is 11.6 Å². The summed E-state index contributed by atoms with van der Waals surface area (Å²) in [6.07, 6.45) is 0.647. The zero-order valence-electron chi connectivity index (χ0n) is 11.4. The molecule has 1 aromatic carbocycles. The van der Waals surface area contributed by atoms with Crippen LogP contribution in [0.25, 0.3) is 0 Å². The highest BCUT2D eigenvalue weighted by atomic mass is 19.1. The van der Waals surface area contributed by atoms with Crippen molar-refractivity contribution in [1.29, 1.82) is 0 Å². The topological polar surface area (TPSA) is 38.3 Å². The summed E-state index contributed by atoms with van der Waals surface area (Å²) in [6.45, 7) is 4.08. The second-order valence-electron chi connectivity index (χ2n) is 4.61. The Labute approximate surface area is 112 Å². The van der Waals surface area contributed by atoms with Crippen LogP contribution in [0, 0.1) is 11.6 Å². The highest BCUT2D eigenvalue weighted by Gasteiger charge is 2.34. The van der Waals surface area contributed by atoms with Crippen molar-refractivity contribution in [2.24, 2.45) is 0 Å². The molecule has 0 aliphatic rings. The van der Waals surface area contributed by atoms with E-state index in [1.54, 1.807) is 6.92 Å². The molecule has 0 heterocycles. The number of hydrogen-bond donors (Lipinski definition) is 1. The summed E-state index contributed by atoms with van der Waals surface area (Å²) in [6, 6.07) is 3.66. The van der Waals surface area contributed by atoms with Gasteiger partial charge >= 0.3 is 5.97 Å². The second kappa shape index (κ2) is 6.61. The number of rotatable bonds is 6. The standard InChI is InChI=1S/C14H19F2NO2/c1-4-8-17-14(2,9-12(18)19-3)13-10(15)6-5-7-11(13)16/h5-7,17H,4,8-9H2,1-3H3. The Morgan fingerprint density at radius 3 is 2.42 bits per heavy atom. The van der Waals surface area contributed by atoms with Gasteiger partial charge in [-0.3, -0.25) is 4.79 Å². The average molecular weight is 271 g/mol. The zero-order valence-corrected chi connectivity index (χ0v) is 11.4. The third-order valence-corrected chi connectivity index (χ3v) is 3.01. The maximum Gasteiger partial charge on any atom is 0.307 e. The summed E-state index contributed by atoms with van der Waals surface area (Å²) in [4.78, 5) is 11.5.